The number of halogens is 2. The van der Waals surface area contributed by atoms with Gasteiger partial charge in [-0.1, -0.05) is 19.1 Å². The molecule has 7 rings (SSSR count). The van der Waals surface area contributed by atoms with Gasteiger partial charge in [0.05, 0.1) is 17.1 Å². The van der Waals surface area contributed by atoms with Gasteiger partial charge < -0.3 is 19.7 Å². The molecule has 7 nitrogen and oxygen atoms in total. The highest BCUT2D eigenvalue weighted by molar-refractivity contribution is 7.12. The van der Waals surface area contributed by atoms with Crippen LogP contribution >= 0.6 is 11.3 Å². The van der Waals surface area contributed by atoms with Crippen molar-refractivity contribution in [2.45, 2.75) is 82.4 Å². The average Bonchev–Trinajstić information content (AvgIpc) is 3.64. The Kier molecular flexibility index (Phi) is 6.55. The van der Waals surface area contributed by atoms with Crippen LogP contribution in [0.4, 0.5) is 8.78 Å². The normalized spacial score (nSPS) is 43.0. The monoisotopic (exact) mass is 611 g/mol. The number of hydrogen-bond acceptors (Lipinski definition) is 8. The number of carbonyl (C=O) groups is 2. The number of allylic oxidation sites excluding steroid dienone is 4. The standard InChI is InChI=1S/C33H35F2NO6S/c1-17-8-18(15-36-14-17)9-20-4-5-25(43-20)29-41-28-12-21-22-11-24(34)23-10-19(38)6-7-30(23,2)32(22,35)26(39)13-31(21,3)33(28,42-29)27(40)16-37/h4-8,10,14-15,21-22,24,26,28-29,37,39H,9,11-13,16H2,1-3H3/t21-,22-,24-,26-,28+,29+,30-,31-,32-,33+/m0/s1. The number of aryl methyl sites for hydroxylation is 1. The molecule has 2 N–H and O–H groups in total. The molecule has 228 valence electrons. The molecule has 10 atom stereocenters. The Morgan fingerprint density at radius 1 is 1.21 bits per heavy atom. The van der Waals surface area contributed by atoms with Crippen molar-refractivity contribution in [3.05, 3.63) is 75.3 Å². The van der Waals surface area contributed by atoms with Crippen LogP contribution in [-0.4, -0.2) is 63.0 Å². The molecule has 43 heavy (non-hydrogen) atoms. The number of carbonyl (C=O) groups excluding carboxylic acids is 2. The smallest absolute Gasteiger partial charge is 0.194 e. The van der Waals surface area contributed by atoms with Crippen LogP contribution in [0.5, 0.6) is 0 Å². The van der Waals surface area contributed by atoms with Crippen LogP contribution in [0.25, 0.3) is 0 Å². The molecule has 4 aliphatic carbocycles. The quantitative estimate of drug-likeness (QED) is 0.506. The number of hydrogen-bond donors (Lipinski definition) is 2. The van der Waals surface area contributed by atoms with Gasteiger partial charge in [-0.05, 0) is 80.0 Å². The van der Waals surface area contributed by atoms with E-state index in [1.807, 2.05) is 25.3 Å². The maximum atomic E-state index is 17.5. The molecule has 0 unspecified atom stereocenters. The molecule has 0 radical (unpaired) electrons. The van der Waals surface area contributed by atoms with Crippen molar-refractivity contribution in [2.24, 2.45) is 22.7 Å². The van der Waals surface area contributed by atoms with Crippen LogP contribution in [0, 0.1) is 29.6 Å². The number of ketones is 2. The molecule has 0 amide bonds. The second kappa shape index (κ2) is 9.68. The van der Waals surface area contributed by atoms with Crippen molar-refractivity contribution in [1.29, 1.82) is 0 Å². The summed E-state index contributed by atoms with van der Waals surface area (Å²) in [6, 6.07) is 5.95. The predicted octanol–water partition coefficient (Wildman–Crippen LogP) is 4.69. The summed E-state index contributed by atoms with van der Waals surface area (Å²) < 4.78 is 46.3. The highest BCUT2D eigenvalue weighted by Crippen LogP contribution is 2.72. The maximum absolute atomic E-state index is 17.5. The number of pyridine rings is 1. The Labute approximate surface area is 252 Å². The number of rotatable bonds is 5. The van der Waals surface area contributed by atoms with E-state index >= 15 is 8.78 Å². The van der Waals surface area contributed by atoms with Gasteiger partial charge in [-0.2, -0.15) is 0 Å². The van der Waals surface area contributed by atoms with E-state index in [-0.39, 0.29) is 24.8 Å². The van der Waals surface area contributed by atoms with Crippen LogP contribution in [0.3, 0.4) is 0 Å². The molecule has 4 fully saturated rings. The zero-order valence-corrected chi connectivity index (χ0v) is 25.1. The number of ether oxygens (including phenoxy) is 2. The fourth-order valence-corrected chi connectivity index (χ4v) is 10.2. The van der Waals surface area contributed by atoms with Crippen LogP contribution in [0.1, 0.15) is 60.3 Å². The van der Waals surface area contributed by atoms with E-state index < -0.39 is 76.8 Å². The van der Waals surface area contributed by atoms with Gasteiger partial charge in [-0.3, -0.25) is 14.6 Å². The molecule has 10 heteroatoms. The number of fused-ring (bicyclic) bond motifs is 7. The van der Waals surface area contributed by atoms with Crippen molar-refractivity contribution in [2.75, 3.05) is 6.61 Å². The van der Waals surface area contributed by atoms with Gasteiger partial charge in [0.1, 0.15) is 12.8 Å². The topological polar surface area (TPSA) is 106 Å². The summed E-state index contributed by atoms with van der Waals surface area (Å²) in [6.07, 6.45) is 3.01. The molecular formula is C33H35F2NO6S. The highest BCUT2D eigenvalue weighted by atomic mass is 32.1. The predicted molar refractivity (Wildman–Crippen MR) is 154 cm³/mol. The van der Waals surface area contributed by atoms with E-state index in [2.05, 4.69) is 11.1 Å². The number of aromatic nitrogens is 1. The van der Waals surface area contributed by atoms with Gasteiger partial charge in [0, 0.05) is 40.4 Å². The summed E-state index contributed by atoms with van der Waals surface area (Å²) in [4.78, 5) is 31.9. The summed E-state index contributed by atoms with van der Waals surface area (Å²) in [6.45, 7) is 4.50. The zero-order valence-electron chi connectivity index (χ0n) is 24.3. The first-order valence-corrected chi connectivity index (χ1v) is 15.6. The summed E-state index contributed by atoms with van der Waals surface area (Å²) in [5.74, 6) is -2.56. The van der Waals surface area contributed by atoms with Crippen LogP contribution in [-0.2, 0) is 25.5 Å². The molecule has 1 aliphatic heterocycles. The van der Waals surface area contributed by atoms with E-state index in [1.54, 1.807) is 20.0 Å². The second-order valence-corrected chi connectivity index (χ2v) is 14.5. The van der Waals surface area contributed by atoms with Crippen molar-refractivity contribution < 1.29 is 38.1 Å². The number of aliphatic hydroxyl groups is 2. The maximum Gasteiger partial charge on any atom is 0.194 e. The highest BCUT2D eigenvalue weighted by Gasteiger charge is 2.80. The molecule has 0 spiro atoms. The van der Waals surface area contributed by atoms with E-state index in [0.717, 1.165) is 27.0 Å². The van der Waals surface area contributed by atoms with E-state index in [1.165, 1.54) is 23.5 Å². The summed E-state index contributed by atoms with van der Waals surface area (Å²) in [5, 5.41) is 21.8. The fraction of sp³-hybridized carbons (Fsp3) is 0.545. The number of aliphatic hydroxyl groups excluding tert-OH is 2. The Hall–Kier alpha value is -2.63. The number of nitrogens with zero attached hydrogens (tertiary/aromatic N) is 1. The van der Waals surface area contributed by atoms with Gasteiger partial charge in [0.25, 0.3) is 0 Å². The molecule has 3 saturated carbocycles. The molecule has 3 heterocycles. The lowest BCUT2D eigenvalue weighted by atomic mass is 9.44. The molecule has 1 saturated heterocycles. The summed E-state index contributed by atoms with van der Waals surface area (Å²) >= 11 is 1.49. The van der Waals surface area contributed by atoms with E-state index in [9.17, 15) is 19.8 Å². The van der Waals surface area contributed by atoms with Gasteiger partial charge >= 0.3 is 0 Å². The van der Waals surface area contributed by atoms with Crippen LogP contribution in [0.15, 0.2) is 54.4 Å². The fourth-order valence-electron chi connectivity index (χ4n) is 9.22. The van der Waals surface area contributed by atoms with Gasteiger partial charge in [0.15, 0.2) is 29.1 Å². The minimum atomic E-state index is -2.28. The van der Waals surface area contributed by atoms with Crippen LogP contribution < -0.4 is 0 Å². The zero-order chi connectivity index (χ0) is 30.5. The summed E-state index contributed by atoms with van der Waals surface area (Å²) in [5.41, 5.74) is -4.43. The number of alkyl halides is 2. The molecule has 5 aliphatic rings. The van der Waals surface area contributed by atoms with Gasteiger partial charge in [-0.25, -0.2) is 8.78 Å². The van der Waals surface area contributed by atoms with E-state index in [0.29, 0.717) is 6.42 Å². The first-order valence-electron chi connectivity index (χ1n) is 14.8. The van der Waals surface area contributed by atoms with Gasteiger partial charge in [0.2, 0.25) is 0 Å². The minimum Gasteiger partial charge on any atom is -0.390 e. The molecule has 0 aromatic carbocycles. The Bertz CT molecular complexity index is 1570. The summed E-state index contributed by atoms with van der Waals surface area (Å²) in [7, 11) is 0. The third-order valence-corrected chi connectivity index (χ3v) is 12.3. The largest absolute Gasteiger partial charge is 0.390 e. The molecular weight excluding hydrogens is 576 g/mol. The SMILES string of the molecule is Cc1cncc(Cc2ccc([C@@H]3O[C@@H]4C[C@H]5[C@@H]6C[C@H](F)C7=CC(=O)C=C[C@]7(C)[C@@]6(F)[C@@H](O)C[C@]5(C)[C@]4(C(=O)CO)O3)s2)c1. The number of Topliss-reactive ketones (excluding diaryl/α,β-unsaturated/α-hetero) is 1. The lowest BCUT2D eigenvalue weighted by molar-refractivity contribution is -0.234. The lowest BCUT2D eigenvalue weighted by Gasteiger charge is -2.63. The molecule has 0 bridgehead atoms. The molecule has 2 aromatic heterocycles. The average molecular weight is 612 g/mol. The second-order valence-electron chi connectivity index (χ2n) is 13.3. The first kappa shape index (κ1) is 29.1. The van der Waals surface area contributed by atoms with Crippen molar-refractivity contribution in [3.63, 3.8) is 0 Å². The third kappa shape index (κ3) is 3.79. The van der Waals surface area contributed by atoms with Crippen molar-refractivity contribution >= 4 is 22.9 Å². The lowest BCUT2D eigenvalue weighted by Crippen LogP contribution is -2.70. The Morgan fingerprint density at radius 2 is 2.00 bits per heavy atom. The minimum absolute atomic E-state index is 0.0447. The third-order valence-electron chi connectivity index (χ3n) is 11.2. The van der Waals surface area contributed by atoms with Gasteiger partial charge in [-0.15, -0.1) is 11.3 Å². The Morgan fingerprint density at radius 3 is 2.74 bits per heavy atom. The van der Waals surface area contributed by atoms with Crippen molar-refractivity contribution in [3.8, 4) is 0 Å². The number of thiophene rings is 1. The van der Waals surface area contributed by atoms with Crippen molar-refractivity contribution in [1.82, 2.24) is 4.98 Å². The molecule has 2 aromatic rings. The van der Waals surface area contributed by atoms with E-state index in [4.69, 9.17) is 9.47 Å². The Balaban J connectivity index is 1.23. The first-order chi connectivity index (χ1) is 20.4. The van der Waals surface area contributed by atoms with Crippen LogP contribution in [0.2, 0.25) is 0 Å².